The Hall–Kier alpha value is -2.67. The summed E-state index contributed by atoms with van der Waals surface area (Å²) in [5.74, 6) is 1.04. The molecule has 5 rings (SSSR count). The van der Waals surface area contributed by atoms with E-state index < -0.39 is 0 Å². The van der Waals surface area contributed by atoms with Crippen LogP contribution >= 0.6 is 27.5 Å². The zero-order valence-electron chi connectivity index (χ0n) is 18.8. The van der Waals surface area contributed by atoms with Crippen molar-refractivity contribution in [2.24, 2.45) is 5.92 Å². The van der Waals surface area contributed by atoms with Crippen LogP contribution < -0.4 is 5.32 Å². The fourth-order valence-electron chi connectivity index (χ4n) is 4.64. The van der Waals surface area contributed by atoms with Crippen molar-refractivity contribution in [3.8, 4) is 5.69 Å². The number of fused-ring (bicyclic) bond motifs is 1. The minimum Gasteiger partial charge on any atom is -0.352 e. The third-order valence-electron chi connectivity index (χ3n) is 6.37. The van der Waals surface area contributed by atoms with Gasteiger partial charge >= 0.3 is 0 Å². The molecule has 1 amide bonds. The number of nitrogens with one attached hydrogen (secondary N) is 1. The molecular formula is C27H26BrClN4O. The first-order valence-electron chi connectivity index (χ1n) is 11.5. The van der Waals surface area contributed by atoms with Crippen molar-refractivity contribution in [1.82, 2.24) is 19.8 Å². The lowest BCUT2D eigenvalue weighted by atomic mass is 9.97. The monoisotopic (exact) mass is 536 g/mol. The molecule has 1 aliphatic rings. The molecule has 1 aliphatic heterocycles. The smallest absolute Gasteiger partial charge is 0.224 e. The Morgan fingerprint density at radius 1 is 1.06 bits per heavy atom. The summed E-state index contributed by atoms with van der Waals surface area (Å²) in [6.45, 7) is 2.82. The maximum atomic E-state index is 12.9. The minimum atomic E-state index is -0.0400. The lowest BCUT2D eigenvalue weighted by molar-refractivity contribution is -0.127. The Kier molecular flexibility index (Phi) is 6.99. The molecule has 0 saturated carbocycles. The van der Waals surface area contributed by atoms with Gasteiger partial charge in [-0.3, -0.25) is 14.3 Å². The number of imidazole rings is 1. The summed E-state index contributed by atoms with van der Waals surface area (Å²) in [6.07, 6.45) is 1.89. The molecule has 0 spiro atoms. The van der Waals surface area contributed by atoms with Gasteiger partial charge in [0, 0.05) is 28.3 Å². The zero-order valence-corrected chi connectivity index (χ0v) is 21.1. The number of hydrogen-bond acceptors (Lipinski definition) is 3. The molecule has 2 heterocycles. The summed E-state index contributed by atoms with van der Waals surface area (Å²) < 4.78 is 3.27. The van der Waals surface area contributed by atoms with E-state index in [1.165, 1.54) is 0 Å². The van der Waals surface area contributed by atoms with Crippen LogP contribution in [-0.4, -0.2) is 33.4 Å². The number of amides is 1. The Bertz CT molecular complexity index is 1300. The van der Waals surface area contributed by atoms with E-state index in [1.807, 2.05) is 48.5 Å². The van der Waals surface area contributed by atoms with Crippen LogP contribution in [0.4, 0.5) is 0 Å². The number of benzene rings is 3. The molecule has 0 aliphatic carbocycles. The first-order valence-corrected chi connectivity index (χ1v) is 12.7. The predicted octanol–water partition coefficient (Wildman–Crippen LogP) is 5.97. The highest BCUT2D eigenvalue weighted by molar-refractivity contribution is 9.10. The van der Waals surface area contributed by atoms with Gasteiger partial charge in [0.25, 0.3) is 0 Å². The Labute approximate surface area is 212 Å². The summed E-state index contributed by atoms with van der Waals surface area (Å²) in [5, 5.41) is 3.76. The van der Waals surface area contributed by atoms with Gasteiger partial charge in [0.2, 0.25) is 5.91 Å². The van der Waals surface area contributed by atoms with Crippen molar-refractivity contribution >= 4 is 44.5 Å². The van der Waals surface area contributed by atoms with Gasteiger partial charge in [-0.2, -0.15) is 0 Å². The third kappa shape index (κ3) is 5.04. The second-order valence-corrected chi connectivity index (χ2v) is 10.0. The molecule has 1 atom stereocenters. The summed E-state index contributed by atoms with van der Waals surface area (Å²) in [7, 11) is 0. The SMILES string of the molecule is O=C(NCc1ccccc1Cl)[C@H]1CCCN(Cc2nc3ccccc3n2-c2ccc(Br)cc2)C1. The highest BCUT2D eigenvalue weighted by atomic mass is 79.9. The maximum absolute atomic E-state index is 12.9. The van der Waals surface area contributed by atoms with Crippen LogP contribution in [0.2, 0.25) is 5.02 Å². The highest BCUT2D eigenvalue weighted by Crippen LogP contribution is 2.26. The molecule has 1 N–H and O–H groups in total. The van der Waals surface area contributed by atoms with Crippen LogP contribution in [-0.2, 0) is 17.9 Å². The fraction of sp³-hybridized carbons (Fsp3) is 0.259. The van der Waals surface area contributed by atoms with Gasteiger partial charge in [-0.05, 0) is 67.4 Å². The van der Waals surface area contributed by atoms with Gasteiger partial charge in [-0.1, -0.05) is 57.9 Å². The second kappa shape index (κ2) is 10.3. The van der Waals surface area contributed by atoms with Crippen LogP contribution in [0, 0.1) is 5.92 Å². The minimum absolute atomic E-state index is 0.0400. The van der Waals surface area contributed by atoms with Crippen molar-refractivity contribution in [2.45, 2.75) is 25.9 Å². The van der Waals surface area contributed by atoms with Gasteiger partial charge in [0.15, 0.2) is 0 Å². The molecule has 0 unspecified atom stereocenters. The number of likely N-dealkylation sites (tertiary alicyclic amines) is 1. The molecule has 5 nitrogen and oxygen atoms in total. The Morgan fingerprint density at radius 2 is 1.82 bits per heavy atom. The second-order valence-electron chi connectivity index (χ2n) is 8.71. The van der Waals surface area contributed by atoms with Crippen LogP contribution in [0.3, 0.4) is 0 Å². The van der Waals surface area contributed by atoms with Gasteiger partial charge in [-0.15, -0.1) is 0 Å². The van der Waals surface area contributed by atoms with Crippen molar-refractivity contribution in [2.75, 3.05) is 13.1 Å². The van der Waals surface area contributed by atoms with Crippen LogP contribution in [0.15, 0.2) is 77.3 Å². The first kappa shape index (κ1) is 23.1. The van der Waals surface area contributed by atoms with Gasteiger partial charge in [-0.25, -0.2) is 4.98 Å². The van der Waals surface area contributed by atoms with E-state index in [2.05, 4.69) is 55.0 Å². The number of halogens is 2. The Morgan fingerprint density at radius 3 is 2.65 bits per heavy atom. The van der Waals surface area contributed by atoms with E-state index in [0.717, 1.165) is 58.5 Å². The van der Waals surface area contributed by atoms with E-state index in [0.29, 0.717) is 18.1 Å². The lowest BCUT2D eigenvalue weighted by Crippen LogP contribution is -2.42. The average Bonchev–Trinajstić information content (AvgIpc) is 3.22. The summed E-state index contributed by atoms with van der Waals surface area (Å²) in [4.78, 5) is 20.2. The summed E-state index contributed by atoms with van der Waals surface area (Å²) in [6, 6.07) is 24.2. The number of hydrogen-bond donors (Lipinski definition) is 1. The molecule has 1 aromatic heterocycles. The molecule has 3 aromatic carbocycles. The number of para-hydroxylation sites is 2. The average molecular weight is 538 g/mol. The maximum Gasteiger partial charge on any atom is 0.224 e. The standard InChI is InChI=1S/C27H26BrClN4O/c28-21-11-13-22(14-12-21)33-25-10-4-3-9-24(25)31-26(33)18-32-15-5-7-20(17-32)27(34)30-16-19-6-1-2-8-23(19)29/h1-4,6,8-14,20H,5,7,15-18H2,(H,30,34)/t20-/m0/s1. The predicted molar refractivity (Wildman–Crippen MR) is 140 cm³/mol. The van der Waals surface area contributed by atoms with E-state index in [-0.39, 0.29) is 11.8 Å². The lowest BCUT2D eigenvalue weighted by Gasteiger charge is -2.31. The molecule has 1 saturated heterocycles. The number of nitrogens with zero attached hydrogens (tertiary/aromatic N) is 3. The number of carbonyl (C=O) groups excluding carboxylic acids is 1. The topological polar surface area (TPSA) is 50.2 Å². The van der Waals surface area contributed by atoms with E-state index in [4.69, 9.17) is 16.6 Å². The van der Waals surface area contributed by atoms with Gasteiger partial charge < -0.3 is 5.32 Å². The normalized spacial score (nSPS) is 16.6. The highest BCUT2D eigenvalue weighted by Gasteiger charge is 2.27. The van der Waals surface area contributed by atoms with Crippen LogP contribution in [0.25, 0.3) is 16.7 Å². The van der Waals surface area contributed by atoms with Gasteiger partial charge in [0.05, 0.1) is 23.5 Å². The van der Waals surface area contributed by atoms with Gasteiger partial charge in [0.1, 0.15) is 5.82 Å². The fourth-order valence-corrected chi connectivity index (χ4v) is 5.11. The summed E-state index contributed by atoms with van der Waals surface area (Å²) in [5.41, 5.74) is 4.09. The largest absolute Gasteiger partial charge is 0.352 e. The molecule has 0 bridgehead atoms. The van der Waals surface area contributed by atoms with E-state index in [1.54, 1.807) is 0 Å². The van der Waals surface area contributed by atoms with Crippen LogP contribution in [0.5, 0.6) is 0 Å². The van der Waals surface area contributed by atoms with Crippen molar-refractivity contribution in [3.63, 3.8) is 0 Å². The van der Waals surface area contributed by atoms with Crippen molar-refractivity contribution < 1.29 is 4.79 Å². The third-order valence-corrected chi connectivity index (χ3v) is 7.26. The van der Waals surface area contributed by atoms with E-state index in [9.17, 15) is 4.79 Å². The molecule has 34 heavy (non-hydrogen) atoms. The van der Waals surface area contributed by atoms with Crippen LogP contribution in [0.1, 0.15) is 24.2 Å². The number of rotatable bonds is 6. The molecule has 4 aromatic rings. The molecule has 1 fully saturated rings. The molecule has 7 heteroatoms. The quantitative estimate of drug-likeness (QED) is 0.330. The van der Waals surface area contributed by atoms with Crippen molar-refractivity contribution in [1.29, 1.82) is 0 Å². The molecular weight excluding hydrogens is 512 g/mol. The first-order chi connectivity index (χ1) is 16.6. The number of piperidine rings is 1. The van der Waals surface area contributed by atoms with Crippen molar-refractivity contribution in [3.05, 3.63) is 93.7 Å². The zero-order chi connectivity index (χ0) is 23.5. The molecule has 0 radical (unpaired) electrons. The molecule has 174 valence electrons. The van der Waals surface area contributed by atoms with E-state index >= 15 is 0 Å². The summed E-state index contributed by atoms with van der Waals surface area (Å²) >= 11 is 9.77. The Balaban J connectivity index is 1.32. The number of aromatic nitrogens is 2. The number of carbonyl (C=O) groups is 1.